The second-order valence-corrected chi connectivity index (χ2v) is 5.95. The van der Waals surface area contributed by atoms with E-state index in [1.54, 1.807) is 7.11 Å². The van der Waals surface area contributed by atoms with Gasteiger partial charge in [-0.05, 0) is 71.0 Å². The van der Waals surface area contributed by atoms with Gasteiger partial charge in [-0.15, -0.1) is 0 Å². The Morgan fingerprint density at radius 3 is 2.68 bits per heavy atom. The minimum Gasteiger partial charge on any atom is -0.507 e. The van der Waals surface area contributed by atoms with E-state index in [0.29, 0.717) is 5.75 Å². The summed E-state index contributed by atoms with van der Waals surface area (Å²) in [6.45, 7) is 2.06. The lowest BCUT2D eigenvalue weighted by Gasteiger charge is -2.23. The predicted molar refractivity (Wildman–Crippen MR) is 89.7 cm³/mol. The molecule has 0 radical (unpaired) electrons. The van der Waals surface area contributed by atoms with Crippen LogP contribution in [-0.4, -0.2) is 12.2 Å². The number of hydrogen-bond acceptors (Lipinski definition) is 2. The number of phenolic OH excluding ortho intramolecular Hbond substituents is 1. The van der Waals surface area contributed by atoms with Crippen LogP contribution < -0.4 is 4.74 Å². The molecule has 2 nitrogen and oxygen atoms in total. The summed E-state index contributed by atoms with van der Waals surface area (Å²) in [5, 5.41) is 12.9. The molecule has 0 saturated carbocycles. The zero-order valence-electron chi connectivity index (χ0n) is 12.8. The molecule has 0 fully saturated rings. The fraction of sp³-hybridized carbons (Fsp3) is 0.200. The highest BCUT2D eigenvalue weighted by Gasteiger charge is 2.22. The molecule has 22 heavy (non-hydrogen) atoms. The van der Waals surface area contributed by atoms with Crippen LogP contribution in [0.5, 0.6) is 11.5 Å². The van der Waals surface area contributed by atoms with Gasteiger partial charge in [0, 0.05) is 5.56 Å². The summed E-state index contributed by atoms with van der Waals surface area (Å²) in [5.74, 6) is 1.23. The summed E-state index contributed by atoms with van der Waals surface area (Å²) in [6, 6.07) is 14.4. The second kappa shape index (κ2) is 4.77. The smallest absolute Gasteiger partial charge is 0.124 e. The first-order valence-corrected chi connectivity index (χ1v) is 7.60. The third kappa shape index (κ3) is 1.80. The van der Waals surface area contributed by atoms with Crippen LogP contribution in [0, 0.1) is 6.92 Å². The van der Waals surface area contributed by atoms with Gasteiger partial charge < -0.3 is 9.84 Å². The molecule has 3 aromatic rings. The lowest BCUT2D eigenvalue weighted by Crippen LogP contribution is -2.05. The number of aryl methyl sites for hydroxylation is 3. The summed E-state index contributed by atoms with van der Waals surface area (Å²) in [6.07, 6.45) is 1.98. The van der Waals surface area contributed by atoms with Gasteiger partial charge in [0.05, 0.1) is 7.11 Å². The normalized spacial score (nSPS) is 12.8. The highest BCUT2D eigenvalue weighted by atomic mass is 16.5. The molecule has 0 heterocycles. The van der Waals surface area contributed by atoms with Crippen molar-refractivity contribution < 1.29 is 9.84 Å². The first-order chi connectivity index (χ1) is 10.7. The first kappa shape index (κ1) is 13.2. The van der Waals surface area contributed by atoms with Crippen molar-refractivity contribution in [2.24, 2.45) is 0 Å². The van der Waals surface area contributed by atoms with Gasteiger partial charge >= 0.3 is 0 Å². The van der Waals surface area contributed by atoms with Crippen molar-refractivity contribution in [2.45, 2.75) is 19.8 Å². The van der Waals surface area contributed by atoms with E-state index in [2.05, 4.69) is 31.2 Å². The monoisotopic (exact) mass is 290 g/mol. The Hall–Kier alpha value is -2.48. The van der Waals surface area contributed by atoms with Crippen molar-refractivity contribution >= 4 is 10.8 Å². The molecule has 0 unspecified atom stereocenters. The largest absolute Gasteiger partial charge is 0.507 e. The van der Waals surface area contributed by atoms with Crippen molar-refractivity contribution in [3.63, 3.8) is 0 Å². The zero-order chi connectivity index (χ0) is 15.3. The number of benzene rings is 3. The van der Waals surface area contributed by atoms with E-state index < -0.39 is 0 Å². The van der Waals surface area contributed by atoms with Crippen LogP contribution in [0.25, 0.3) is 21.9 Å². The summed E-state index contributed by atoms with van der Waals surface area (Å²) >= 11 is 0. The summed E-state index contributed by atoms with van der Waals surface area (Å²) in [4.78, 5) is 0. The maximum Gasteiger partial charge on any atom is 0.124 e. The molecule has 0 spiro atoms. The third-order valence-corrected chi connectivity index (χ3v) is 4.67. The van der Waals surface area contributed by atoms with E-state index >= 15 is 0 Å². The number of hydrogen-bond donors (Lipinski definition) is 1. The van der Waals surface area contributed by atoms with Gasteiger partial charge in [-0.25, -0.2) is 0 Å². The molecule has 4 rings (SSSR count). The fourth-order valence-electron chi connectivity index (χ4n) is 3.62. The molecule has 0 bridgehead atoms. The minimum absolute atomic E-state index is 0.362. The molecule has 0 saturated heterocycles. The number of fused-ring (bicyclic) bond motifs is 5. The first-order valence-electron chi connectivity index (χ1n) is 7.60. The second-order valence-electron chi connectivity index (χ2n) is 5.95. The molecule has 0 aliphatic heterocycles. The Labute approximate surface area is 130 Å². The van der Waals surface area contributed by atoms with Crippen LogP contribution in [0.4, 0.5) is 0 Å². The molecule has 1 aliphatic carbocycles. The molecular weight excluding hydrogens is 272 g/mol. The summed E-state index contributed by atoms with van der Waals surface area (Å²) < 4.78 is 5.41. The number of ether oxygens (including phenoxy) is 1. The van der Waals surface area contributed by atoms with Gasteiger partial charge in [0.15, 0.2) is 0 Å². The fourth-order valence-corrected chi connectivity index (χ4v) is 3.62. The third-order valence-electron chi connectivity index (χ3n) is 4.67. The van der Waals surface area contributed by atoms with Gasteiger partial charge in [-0.3, -0.25) is 0 Å². The van der Waals surface area contributed by atoms with Crippen molar-refractivity contribution in [3.05, 3.63) is 59.2 Å². The van der Waals surface area contributed by atoms with Crippen molar-refractivity contribution in [3.8, 4) is 22.6 Å². The number of rotatable bonds is 1. The standard InChI is InChI=1S/C20H18O2/c1-12-9-17-14(11-19(12)22-2)10-18(21)20-15-6-4-3-5-13(15)7-8-16(17)20/h3-6,9-11,21H,7-8H2,1-2H3. The van der Waals surface area contributed by atoms with Gasteiger partial charge in [0.2, 0.25) is 0 Å². The Morgan fingerprint density at radius 2 is 1.86 bits per heavy atom. The van der Waals surface area contributed by atoms with E-state index in [1.165, 1.54) is 16.5 Å². The molecule has 1 aliphatic rings. The molecule has 110 valence electrons. The van der Waals surface area contributed by atoms with E-state index in [1.807, 2.05) is 18.2 Å². The molecular formula is C20H18O2. The van der Waals surface area contributed by atoms with E-state index in [4.69, 9.17) is 4.74 Å². The average molecular weight is 290 g/mol. The van der Waals surface area contributed by atoms with E-state index in [0.717, 1.165) is 40.7 Å². The number of aromatic hydroxyl groups is 1. The number of phenols is 1. The van der Waals surface area contributed by atoms with Crippen LogP contribution in [0.3, 0.4) is 0 Å². The summed E-state index contributed by atoms with van der Waals surface area (Å²) in [5.41, 5.74) is 5.85. The Kier molecular flexibility index (Phi) is 2.86. The van der Waals surface area contributed by atoms with Gasteiger partial charge in [0.25, 0.3) is 0 Å². The summed E-state index contributed by atoms with van der Waals surface area (Å²) in [7, 11) is 1.68. The molecule has 0 aromatic heterocycles. The van der Waals surface area contributed by atoms with Crippen molar-refractivity contribution in [1.82, 2.24) is 0 Å². The molecule has 2 heteroatoms. The quantitative estimate of drug-likeness (QED) is 0.708. The molecule has 3 aromatic carbocycles. The predicted octanol–water partition coefficient (Wildman–Crippen LogP) is 4.63. The maximum atomic E-state index is 10.6. The van der Waals surface area contributed by atoms with Crippen LogP contribution in [0.2, 0.25) is 0 Å². The maximum absolute atomic E-state index is 10.6. The topological polar surface area (TPSA) is 29.5 Å². The molecule has 1 N–H and O–H groups in total. The Bertz CT molecular complexity index is 894. The highest BCUT2D eigenvalue weighted by molar-refractivity contribution is 5.97. The van der Waals surface area contributed by atoms with Crippen LogP contribution in [0.15, 0.2) is 42.5 Å². The van der Waals surface area contributed by atoms with Crippen LogP contribution >= 0.6 is 0 Å². The van der Waals surface area contributed by atoms with Crippen molar-refractivity contribution in [1.29, 1.82) is 0 Å². The highest BCUT2D eigenvalue weighted by Crippen LogP contribution is 2.44. The molecule has 0 amide bonds. The lowest BCUT2D eigenvalue weighted by atomic mass is 9.82. The average Bonchev–Trinajstić information content (AvgIpc) is 2.54. The van der Waals surface area contributed by atoms with Gasteiger partial charge in [-0.2, -0.15) is 0 Å². The van der Waals surface area contributed by atoms with Crippen molar-refractivity contribution in [2.75, 3.05) is 7.11 Å². The van der Waals surface area contributed by atoms with Gasteiger partial charge in [0.1, 0.15) is 11.5 Å². The lowest BCUT2D eigenvalue weighted by molar-refractivity contribution is 0.412. The zero-order valence-corrected chi connectivity index (χ0v) is 12.8. The van der Waals surface area contributed by atoms with Crippen LogP contribution in [-0.2, 0) is 12.8 Å². The van der Waals surface area contributed by atoms with E-state index in [-0.39, 0.29) is 0 Å². The molecule has 0 atom stereocenters. The SMILES string of the molecule is COc1cc2cc(O)c3c(c2cc1C)CCc1ccccc1-3. The van der Waals surface area contributed by atoms with Gasteiger partial charge in [-0.1, -0.05) is 24.3 Å². The van der Waals surface area contributed by atoms with E-state index in [9.17, 15) is 5.11 Å². The number of methoxy groups -OCH3 is 1. The van der Waals surface area contributed by atoms with Crippen LogP contribution in [0.1, 0.15) is 16.7 Å². The Morgan fingerprint density at radius 1 is 1.05 bits per heavy atom. The Balaban J connectivity index is 2.08. The minimum atomic E-state index is 0.362.